The zero-order valence-electron chi connectivity index (χ0n) is 14.1. The Morgan fingerprint density at radius 1 is 1.23 bits per heavy atom. The minimum Gasteiger partial charge on any atom is -0.548 e. The third-order valence-electron chi connectivity index (χ3n) is 3.52. The molecular weight excluding hydrogens is 340 g/mol. The first kappa shape index (κ1) is 19.0. The molecule has 0 aliphatic carbocycles. The Morgan fingerprint density at radius 3 is 2.58 bits per heavy atom. The summed E-state index contributed by atoms with van der Waals surface area (Å²) in [5.74, 6) is -2.11. The average Bonchev–Trinajstić information content (AvgIpc) is 3.13. The van der Waals surface area contributed by atoms with Crippen LogP contribution in [0.4, 0.5) is 4.79 Å². The Bertz CT molecular complexity index is 733. The number of H-pyrrole nitrogens is 1. The van der Waals surface area contributed by atoms with E-state index in [1.165, 1.54) is 19.4 Å². The lowest BCUT2D eigenvalue weighted by Crippen LogP contribution is -2.54. The van der Waals surface area contributed by atoms with Gasteiger partial charge in [0.2, 0.25) is 5.91 Å². The lowest BCUT2D eigenvalue weighted by atomic mass is 10.1. The zero-order chi connectivity index (χ0) is 18.9. The van der Waals surface area contributed by atoms with Gasteiger partial charge < -0.3 is 30.3 Å². The lowest BCUT2D eigenvalue weighted by molar-refractivity contribution is -0.308. The van der Waals surface area contributed by atoms with E-state index in [0.29, 0.717) is 5.69 Å². The van der Waals surface area contributed by atoms with Gasteiger partial charge in [-0.05, 0) is 12.5 Å². The fourth-order valence-electron chi connectivity index (χ4n) is 2.11. The molecule has 0 saturated heterocycles. The molecule has 2 aromatic rings. The summed E-state index contributed by atoms with van der Waals surface area (Å²) in [6, 6.07) is 6.81. The topological polar surface area (TPSA) is 136 Å². The van der Waals surface area contributed by atoms with Gasteiger partial charge in [-0.25, -0.2) is 9.78 Å². The second-order valence-electron chi connectivity index (χ2n) is 5.59. The minimum atomic E-state index is -1.44. The molecule has 9 nitrogen and oxygen atoms in total. The van der Waals surface area contributed by atoms with Crippen molar-refractivity contribution in [2.24, 2.45) is 0 Å². The van der Waals surface area contributed by atoms with Crippen LogP contribution in [0.1, 0.15) is 18.2 Å². The van der Waals surface area contributed by atoms with Gasteiger partial charge in [-0.3, -0.25) is 4.79 Å². The molecule has 0 unspecified atom stereocenters. The van der Waals surface area contributed by atoms with E-state index in [9.17, 15) is 19.5 Å². The largest absolute Gasteiger partial charge is 0.548 e. The number of carbonyl (C=O) groups is 3. The molecule has 2 rings (SSSR count). The third kappa shape index (κ3) is 5.93. The summed E-state index contributed by atoms with van der Waals surface area (Å²) in [5, 5.41) is 15.9. The lowest BCUT2D eigenvalue weighted by Gasteiger charge is -2.21. The summed E-state index contributed by atoms with van der Waals surface area (Å²) in [5.41, 5.74) is 1.33. The molecule has 3 N–H and O–H groups in total. The van der Waals surface area contributed by atoms with Gasteiger partial charge in [-0.15, -0.1) is 0 Å². The van der Waals surface area contributed by atoms with Crippen LogP contribution in [0.25, 0.3) is 0 Å². The molecule has 0 radical (unpaired) electrons. The molecule has 0 aliphatic rings. The van der Waals surface area contributed by atoms with Crippen LogP contribution in [0.5, 0.6) is 0 Å². The SMILES string of the molecule is C[C@H](NC(=O)OCc1ccccc1)C(=O)N[C@@H](Cc1cnc[nH]1)C(=O)[O-]. The summed E-state index contributed by atoms with van der Waals surface area (Å²) in [7, 11) is 0. The number of nitrogens with zero attached hydrogens (tertiary/aromatic N) is 1. The van der Waals surface area contributed by atoms with Crippen LogP contribution in [-0.2, 0) is 27.4 Å². The quantitative estimate of drug-likeness (QED) is 0.581. The number of hydrogen-bond acceptors (Lipinski definition) is 6. The Balaban J connectivity index is 1.81. The van der Waals surface area contributed by atoms with Gasteiger partial charge in [0.05, 0.1) is 18.3 Å². The van der Waals surface area contributed by atoms with Crippen molar-refractivity contribution in [3.05, 3.63) is 54.1 Å². The molecule has 0 aliphatic heterocycles. The molecule has 0 spiro atoms. The molecule has 0 bridgehead atoms. The van der Waals surface area contributed by atoms with Crippen molar-refractivity contribution in [3.63, 3.8) is 0 Å². The Labute approximate surface area is 149 Å². The predicted octanol–water partition coefficient (Wildman–Crippen LogP) is -0.498. The van der Waals surface area contributed by atoms with Crippen molar-refractivity contribution in [2.75, 3.05) is 0 Å². The van der Waals surface area contributed by atoms with Gasteiger partial charge in [0.25, 0.3) is 0 Å². The van der Waals surface area contributed by atoms with Gasteiger partial charge in [-0.2, -0.15) is 0 Å². The van der Waals surface area contributed by atoms with Gasteiger partial charge >= 0.3 is 6.09 Å². The number of carboxylic acid groups (broad SMARTS) is 1. The molecule has 0 saturated carbocycles. The van der Waals surface area contributed by atoms with Gasteiger partial charge in [0.15, 0.2) is 0 Å². The van der Waals surface area contributed by atoms with E-state index in [1.807, 2.05) is 18.2 Å². The summed E-state index contributed by atoms with van der Waals surface area (Å²) in [4.78, 5) is 41.6. The van der Waals surface area contributed by atoms with Crippen LogP contribution >= 0.6 is 0 Å². The first-order valence-electron chi connectivity index (χ1n) is 7.91. The molecule has 2 atom stereocenters. The maximum Gasteiger partial charge on any atom is 0.408 e. The number of carboxylic acids is 1. The number of alkyl carbamates (subject to hydrolysis) is 1. The van der Waals surface area contributed by atoms with E-state index in [-0.39, 0.29) is 13.0 Å². The number of ether oxygens (including phenoxy) is 1. The normalized spacial score (nSPS) is 12.7. The highest BCUT2D eigenvalue weighted by Crippen LogP contribution is 2.01. The number of aromatic amines is 1. The third-order valence-corrected chi connectivity index (χ3v) is 3.52. The van der Waals surface area contributed by atoms with Crippen molar-refractivity contribution >= 4 is 18.0 Å². The Kier molecular flexibility index (Phi) is 6.72. The predicted molar refractivity (Wildman–Crippen MR) is 88.5 cm³/mol. The van der Waals surface area contributed by atoms with Crippen molar-refractivity contribution in [1.29, 1.82) is 0 Å². The first-order chi connectivity index (χ1) is 12.5. The van der Waals surface area contributed by atoms with Crippen molar-refractivity contribution < 1.29 is 24.2 Å². The highest BCUT2D eigenvalue weighted by molar-refractivity contribution is 5.88. The second kappa shape index (κ2) is 9.21. The van der Waals surface area contributed by atoms with Crippen LogP contribution < -0.4 is 15.7 Å². The zero-order valence-corrected chi connectivity index (χ0v) is 14.1. The highest BCUT2D eigenvalue weighted by atomic mass is 16.5. The van der Waals surface area contributed by atoms with Crippen LogP contribution in [0.3, 0.4) is 0 Å². The number of benzene rings is 1. The van der Waals surface area contributed by atoms with Crippen molar-refractivity contribution in [3.8, 4) is 0 Å². The van der Waals surface area contributed by atoms with E-state index < -0.39 is 30.1 Å². The first-order valence-corrected chi connectivity index (χ1v) is 7.91. The van der Waals surface area contributed by atoms with Gasteiger partial charge in [-0.1, -0.05) is 30.3 Å². The summed E-state index contributed by atoms with van der Waals surface area (Å²) < 4.78 is 5.01. The van der Waals surface area contributed by atoms with E-state index in [4.69, 9.17) is 4.74 Å². The Morgan fingerprint density at radius 2 is 1.96 bits per heavy atom. The van der Waals surface area contributed by atoms with Gasteiger partial charge in [0, 0.05) is 18.3 Å². The smallest absolute Gasteiger partial charge is 0.408 e. The molecular formula is C17H19N4O5-. The number of nitrogens with one attached hydrogen (secondary N) is 3. The molecule has 1 aromatic carbocycles. The number of aromatic nitrogens is 2. The minimum absolute atomic E-state index is 0.0146. The standard InChI is InChI=1S/C17H20N4O5/c1-11(20-17(25)26-9-12-5-3-2-4-6-12)15(22)21-14(16(23)24)7-13-8-18-10-19-13/h2-6,8,10-11,14H,7,9H2,1H3,(H,18,19)(H,20,25)(H,21,22)(H,23,24)/p-1/t11-,14-/m0/s1. The number of aliphatic carboxylic acids is 1. The molecule has 9 heteroatoms. The average molecular weight is 359 g/mol. The number of amides is 2. The number of carbonyl (C=O) groups excluding carboxylic acids is 3. The maximum atomic E-state index is 12.1. The molecule has 2 amide bonds. The summed E-state index contributed by atoms with van der Waals surface area (Å²) >= 11 is 0. The number of imidazole rings is 1. The molecule has 26 heavy (non-hydrogen) atoms. The fraction of sp³-hybridized carbons (Fsp3) is 0.294. The van der Waals surface area contributed by atoms with Crippen molar-refractivity contribution in [1.82, 2.24) is 20.6 Å². The highest BCUT2D eigenvalue weighted by Gasteiger charge is 2.21. The van der Waals surface area contributed by atoms with E-state index in [1.54, 1.807) is 12.1 Å². The summed E-state index contributed by atoms with van der Waals surface area (Å²) in [6.45, 7) is 1.48. The van der Waals surface area contributed by atoms with Crippen LogP contribution in [0.15, 0.2) is 42.9 Å². The monoisotopic (exact) mass is 359 g/mol. The molecule has 1 heterocycles. The van der Waals surface area contributed by atoms with Crippen molar-refractivity contribution in [2.45, 2.75) is 32.0 Å². The van der Waals surface area contributed by atoms with E-state index >= 15 is 0 Å². The molecule has 138 valence electrons. The van der Waals surface area contributed by atoms with Crippen LogP contribution in [-0.4, -0.2) is 40.0 Å². The van der Waals surface area contributed by atoms with E-state index in [2.05, 4.69) is 20.6 Å². The van der Waals surface area contributed by atoms with Crippen LogP contribution in [0.2, 0.25) is 0 Å². The summed E-state index contributed by atoms with van der Waals surface area (Å²) in [6.07, 6.45) is 2.05. The van der Waals surface area contributed by atoms with Gasteiger partial charge in [0.1, 0.15) is 12.6 Å². The molecule has 1 aromatic heterocycles. The van der Waals surface area contributed by atoms with Crippen LogP contribution in [0, 0.1) is 0 Å². The number of hydrogen-bond donors (Lipinski definition) is 3. The Hall–Kier alpha value is -3.36. The second-order valence-corrected chi connectivity index (χ2v) is 5.59. The fourth-order valence-corrected chi connectivity index (χ4v) is 2.11. The maximum absolute atomic E-state index is 12.1. The molecule has 0 fully saturated rings. The van der Waals surface area contributed by atoms with E-state index in [0.717, 1.165) is 5.56 Å². The number of rotatable bonds is 8.